The number of methoxy groups -OCH3 is 4. The summed E-state index contributed by atoms with van der Waals surface area (Å²) < 4.78 is 47.6. The van der Waals surface area contributed by atoms with E-state index in [0.29, 0.717) is 40.7 Å². The van der Waals surface area contributed by atoms with Crippen LogP contribution in [0.4, 0.5) is 0 Å². The Morgan fingerprint density at radius 2 is 1.62 bits per heavy atom. The Morgan fingerprint density at radius 3 is 2.14 bits per heavy atom. The fraction of sp³-hybridized carbons (Fsp3) is 0.350. The number of hydrazone groups is 1. The fourth-order valence-electron chi connectivity index (χ4n) is 3.35. The zero-order chi connectivity index (χ0) is 21.2. The molecule has 8 nitrogen and oxygen atoms in total. The van der Waals surface area contributed by atoms with Crippen LogP contribution in [0.5, 0.6) is 23.0 Å². The maximum Gasteiger partial charge on any atom is 0.247 e. The summed E-state index contributed by atoms with van der Waals surface area (Å²) >= 11 is 0. The van der Waals surface area contributed by atoms with Gasteiger partial charge in [-0.3, -0.25) is 0 Å². The van der Waals surface area contributed by atoms with Gasteiger partial charge in [0.15, 0.2) is 11.5 Å². The first-order valence-electron chi connectivity index (χ1n) is 8.83. The minimum atomic E-state index is -3.63. The van der Waals surface area contributed by atoms with Gasteiger partial charge in [0.1, 0.15) is 11.5 Å². The lowest BCUT2D eigenvalue weighted by Gasteiger charge is -2.23. The lowest BCUT2D eigenvalue weighted by atomic mass is 9.98. The average molecular weight is 420 g/mol. The van der Waals surface area contributed by atoms with E-state index in [1.54, 1.807) is 44.6 Å². The van der Waals surface area contributed by atoms with Crippen molar-refractivity contribution in [1.29, 1.82) is 0 Å². The number of ether oxygens (including phenoxy) is 4. The summed E-state index contributed by atoms with van der Waals surface area (Å²) in [6, 6.07) is 10.1. The summed E-state index contributed by atoms with van der Waals surface area (Å²) in [5.41, 5.74) is 1.99. The fourth-order valence-corrected chi connectivity index (χ4v) is 4.25. The second-order valence-electron chi connectivity index (χ2n) is 6.49. The van der Waals surface area contributed by atoms with Gasteiger partial charge in [-0.2, -0.15) is 9.52 Å². The van der Waals surface area contributed by atoms with Gasteiger partial charge in [0.05, 0.1) is 46.4 Å². The van der Waals surface area contributed by atoms with Gasteiger partial charge in [0, 0.05) is 23.6 Å². The van der Waals surface area contributed by atoms with Crippen molar-refractivity contribution in [2.75, 3.05) is 34.7 Å². The van der Waals surface area contributed by atoms with Crippen LogP contribution in [0, 0.1) is 0 Å². The first-order valence-corrected chi connectivity index (χ1v) is 10.7. The average Bonchev–Trinajstić information content (AvgIpc) is 3.18. The number of para-hydroxylation sites is 1. The Balaban J connectivity index is 2.10. The van der Waals surface area contributed by atoms with Crippen molar-refractivity contribution in [3.05, 3.63) is 47.5 Å². The zero-order valence-electron chi connectivity index (χ0n) is 17.0. The third-order valence-electron chi connectivity index (χ3n) is 4.69. The van der Waals surface area contributed by atoms with Gasteiger partial charge in [-0.1, -0.05) is 12.1 Å². The second kappa shape index (κ2) is 8.20. The van der Waals surface area contributed by atoms with Crippen LogP contribution in [-0.2, 0) is 10.0 Å². The summed E-state index contributed by atoms with van der Waals surface area (Å²) in [6.07, 6.45) is 1.48. The smallest absolute Gasteiger partial charge is 0.247 e. The van der Waals surface area contributed by atoms with Gasteiger partial charge < -0.3 is 18.9 Å². The van der Waals surface area contributed by atoms with Crippen LogP contribution < -0.4 is 18.9 Å². The van der Waals surface area contributed by atoms with Crippen LogP contribution in [0.25, 0.3) is 0 Å². The molecular formula is C20H24N2O6S. The predicted molar refractivity (Wildman–Crippen MR) is 110 cm³/mol. The van der Waals surface area contributed by atoms with Gasteiger partial charge in [-0.25, -0.2) is 8.42 Å². The van der Waals surface area contributed by atoms with Gasteiger partial charge in [-0.15, -0.1) is 0 Å². The topological polar surface area (TPSA) is 86.7 Å². The van der Waals surface area contributed by atoms with Gasteiger partial charge in [0.2, 0.25) is 10.0 Å². The van der Waals surface area contributed by atoms with Crippen LogP contribution in [0.1, 0.15) is 23.6 Å². The third kappa shape index (κ3) is 4.09. The van der Waals surface area contributed by atoms with Crippen LogP contribution in [-0.4, -0.2) is 53.2 Å². The highest BCUT2D eigenvalue weighted by molar-refractivity contribution is 7.88. The second-order valence-corrected chi connectivity index (χ2v) is 8.33. The van der Waals surface area contributed by atoms with Crippen molar-refractivity contribution in [3.8, 4) is 23.0 Å². The van der Waals surface area contributed by atoms with E-state index >= 15 is 0 Å². The van der Waals surface area contributed by atoms with Gasteiger partial charge >= 0.3 is 0 Å². The number of sulfonamides is 1. The van der Waals surface area contributed by atoms with E-state index < -0.39 is 16.1 Å². The molecule has 3 rings (SSSR count). The Bertz CT molecular complexity index is 1010. The molecular weight excluding hydrogens is 396 g/mol. The molecule has 9 heteroatoms. The minimum absolute atomic E-state index is 0.354. The van der Waals surface area contributed by atoms with Gasteiger partial charge in [0.25, 0.3) is 0 Å². The number of rotatable bonds is 7. The van der Waals surface area contributed by atoms with Crippen LogP contribution >= 0.6 is 0 Å². The van der Waals surface area contributed by atoms with E-state index in [-0.39, 0.29) is 0 Å². The molecule has 29 heavy (non-hydrogen) atoms. The summed E-state index contributed by atoms with van der Waals surface area (Å²) in [5.74, 6) is 2.19. The molecule has 2 aromatic rings. The molecule has 0 saturated heterocycles. The summed E-state index contributed by atoms with van der Waals surface area (Å²) in [4.78, 5) is 0. The van der Waals surface area contributed by atoms with E-state index in [4.69, 9.17) is 18.9 Å². The van der Waals surface area contributed by atoms with Crippen LogP contribution in [0.2, 0.25) is 0 Å². The summed E-state index contributed by atoms with van der Waals surface area (Å²) in [7, 11) is 2.55. The highest BCUT2D eigenvalue weighted by Gasteiger charge is 2.37. The quantitative estimate of drug-likeness (QED) is 0.685. The van der Waals surface area contributed by atoms with E-state index in [1.807, 2.05) is 6.07 Å². The van der Waals surface area contributed by atoms with Crippen LogP contribution in [0.3, 0.4) is 0 Å². The van der Waals surface area contributed by atoms with Crippen LogP contribution in [0.15, 0.2) is 41.5 Å². The lowest BCUT2D eigenvalue weighted by molar-refractivity contribution is 0.329. The molecule has 0 amide bonds. The van der Waals surface area contributed by atoms with Crippen molar-refractivity contribution in [1.82, 2.24) is 4.41 Å². The largest absolute Gasteiger partial charge is 0.497 e. The van der Waals surface area contributed by atoms with Crippen molar-refractivity contribution in [2.45, 2.75) is 12.5 Å². The third-order valence-corrected chi connectivity index (χ3v) is 5.71. The van der Waals surface area contributed by atoms with E-state index in [1.165, 1.54) is 14.2 Å². The molecule has 0 bridgehead atoms. The molecule has 0 aliphatic carbocycles. The molecule has 0 saturated carbocycles. The van der Waals surface area contributed by atoms with E-state index in [9.17, 15) is 8.42 Å². The Morgan fingerprint density at radius 1 is 0.966 bits per heavy atom. The molecule has 0 radical (unpaired) electrons. The molecule has 1 aliphatic rings. The maximum absolute atomic E-state index is 12.5. The summed E-state index contributed by atoms with van der Waals surface area (Å²) in [6.45, 7) is 0. The van der Waals surface area contributed by atoms with Crippen molar-refractivity contribution in [2.24, 2.45) is 5.10 Å². The molecule has 0 fully saturated rings. The highest BCUT2D eigenvalue weighted by atomic mass is 32.2. The molecule has 0 aromatic heterocycles. The van der Waals surface area contributed by atoms with Crippen molar-refractivity contribution < 1.29 is 27.4 Å². The molecule has 1 atom stereocenters. The normalized spacial score (nSPS) is 16.4. The molecule has 1 unspecified atom stereocenters. The number of nitrogens with zero attached hydrogens (tertiary/aromatic N) is 2. The standard InChI is InChI=1S/C20H24N2O6S/c1-25-14-9-13(10-15(11-14)26-2)17-12-18(22(21-17)29(5,23)24)16-7-6-8-19(27-3)20(16)28-4/h6-11,18H,12H2,1-5H3. The molecule has 156 valence electrons. The number of benzene rings is 2. The number of hydrogen-bond acceptors (Lipinski definition) is 7. The van der Waals surface area contributed by atoms with E-state index in [0.717, 1.165) is 16.2 Å². The Kier molecular flexibility index (Phi) is 5.88. The number of hydrogen-bond donors (Lipinski definition) is 0. The lowest BCUT2D eigenvalue weighted by Crippen LogP contribution is -2.26. The predicted octanol–water partition coefficient (Wildman–Crippen LogP) is 2.83. The van der Waals surface area contributed by atoms with Gasteiger partial charge in [-0.05, 0) is 18.2 Å². The SMILES string of the molecule is COc1cc(OC)cc(C2=NN(S(C)(=O)=O)C(c3cccc(OC)c3OC)C2)c1. The van der Waals surface area contributed by atoms with E-state index in [2.05, 4.69) is 5.10 Å². The first kappa shape index (κ1) is 20.8. The van der Waals surface area contributed by atoms with Crippen molar-refractivity contribution in [3.63, 3.8) is 0 Å². The summed E-state index contributed by atoms with van der Waals surface area (Å²) in [5, 5.41) is 4.42. The Hall–Kier alpha value is -2.94. The molecule has 1 heterocycles. The molecule has 0 N–H and O–H groups in total. The minimum Gasteiger partial charge on any atom is -0.497 e. The molecule has 0 spiro atoms. The monoisotopic (exact) mass is 420 g/mol. The maximum atomic E-state index is 12.5. The highest BCUT2D eigenvalue weighted by Crippen LogP contribution is 2.43. The first-order chi connectivity index (χ1) is 13.8. The molecule has 1 aliphatic heterocycles. The Labute approximate surface area is 170 Å². The zero-order valence-corrected chi connectivity index (χ0v) is 17.8. The molecule has 2 aromatic carbocycles. The van der Waals surface area contributed by atoms with Crippen molar-refractivity contribution >= 4 is 15.7 Å².